The molecule has 94 valence electrons. The van der Waals surface area contributed by atoms with Gasteiger partial charge in [-0.15, -0.1) is 11.3 Å². The molecule has 1 aliphatic rings. The summed E-state index contributed by atoms with van der Waals surface area (Å²) in [5.74, 6) is 1.39. The molecular formula is C14H16N2OS. The van der Waals surface area contributed by atoms with Gasteiger partial charge in [0.2, 0.25) is 0 Å². The number of ether oxygens (including phenoxy) is 1. The predicted octanol–water partition coefficient (Wildman–Crippen LogP) is 3.20. The maximum absolute atomic E-state index is 5.79. The van der Waals surface area contributed by atoms with Crippen LogP contribution in [0.1, 0.15) is 35.4 Å². The molecule has 18 heavy (non-hydrogen) atoms. The molecule has 3 rings (SSSR count). The van der Waals surface area contributed by atoms with E-state index in [1.165, 1.54) is 16.1 Å². The van der Waals surface area contributed by atoms with Crippen LogP contribution in [0.5, 0.6) is 5.75 Å². The van der Waals surface area contributed by atoms with Gasteiger partial charge in [0.15, 0.2) is 5.13 Å². The van der Waals surface area contributed by atoms with E-state index in [9.17, 15) is 0 Å². The lowest BCUT2D eigenvalue weighted by Crippen LogP contribution is -1.97. The first kappa shape index (κ1) is 11.5. The minimum absolute atomic E-state index is 0.440. The van der Waals surface area contributed by atoms with Crippen molar-refractivity contribution in [3.05, 3.63) is 40.4 Å². The Hall–Kier alpha value is -1.55. The second-order valence-corrected chi connectivity index (χ2v) is 5.52. The van der Waals surface area contributed by atoms with Gasteiger partial charge in [-0.25, -0.2) is 4.98 Å². The Morgan fingerprint density at radius 2 is 2.39 bits per heavy atom. The van der Waals surface area contributed by atoms with Crippen molar-refractivity contribution in [1.82, 2.24) is 4.98 Å². The van der Waals surface area contributed by atoms with Crippen molar-refractivity contribution < 1.29 is 4.74 Å². The molecule has 0 amide bonds. The first-order valence-corrected chi connectivity index (χ1v) is 7.07. The summed E-state index contributed by atoms with van der Waals surface area (Å²) in [5, 5.41) is 0.686. The Balaban J connectivity index is 1.94. The zero-order valence-electron chi connectivity index (χ0n) is 10.3. The molecule has 0 saturated carbocycles. The number of fused-ring (bicyclic) bond motifs is 1. The number of thiazole rings is 1. The Morgan fingerprint density at radius 1 is 1.50 bits per heavy atom. The van der Waals surface area contributed by atoms with Crippen LogP contribution in [0.15, 0.2) is 24.3 Å². The van der Waals surface area contributed by atoms with Gasteiger partial charge in [0.1, 0.15) is 5.75 Å². The summed E-state index contributed by atoms with van der Waals surface area (Å²) >= 11 is 1.62. The number of aryl methyl sites for hydroxylation is 1. The molecular weight excluding hydrogens is 244 g/mol. The van der Waals surface area contributed by atoms with Gasteiger partial charge in [-0.3, -0.25) is 0 Å². The first-order valence-electron chi connectivity index (χ1n) is 6.25. The molecule has 0 aliphatic heterocycles. The van der Waals surface area contributed by atoms with E-state index in [0.717, 1.165) is 18.6 Å². The van der Waals surface area contributed by atoms with E-state index < -0.39 is 0 Å². The smallest absolute Gasteiger partial charge is 0.180 e. The molecule has 1 atom stereocenters. The zero-order valence-corrected chi connectivity index (χ0v) is 11.2. The summed E-state index contributed by atoms with van der Waals surface area (Å²) in [6.07, 6.45) is 2.16. The number of benzene rings is 1. The molecule has 1 aromatic carbocycles. The van der Waals surface area contributed by atoms with Gasteiger partial charge < -0.3 is 10.5 Å². The van der Waals surface area contributed by atoms with Crippen LogP contribution < -0.4 is 10.5 Å². The standard InChI is InChI=1S/C14H16N2OS/c1-2-17-10-5-3-4-9(8-10)11-6-7-12-13(11)18-14(15)16-12/h3-5,8,11H,2,6-7H2,1H3,(H2,15,16). The SMILES string of the molecule is CCOc1cccc(C2CCc3nc(N)sc32)c1. The third-order valence-electron chi connectivity index (χ3n) is 3.30. The van der Waals surface area contributed by atoms with Crippen molar-refractivity contribution in [3.63, 3.8) is 0 Å². The molecule has 1 heterocycles. The second kappa shape index (κ2) is 4.61. The monoisotopic (exact) mass is 260 g/mol. The summed E-state index contributed by atoms with van der Waals surface area (Å²) < 4.78 is 5.56. The maximum Gasteiger partial charge on any atom is 0.180 e. The predicted molar refractivity (Wildman–Crippen MR) is 74.3 cm³/mol. The summed E-state index contributed by atoms with van der Waals surface area (Å²) in [6.45, 7) is 2.71. The van der Waals surface area contributed by atoms with E-state index in [4.69, 9.17) is 10.5 Å². The summed E-state index contributed by atoms with van der Waals surface area (Å²) in [5.41, 5.74) is 8.28. The third-order valence-corrected chi connectivity index (χ3v) is 4.34. The zero-order chi connectivity index (χ0) is 12.5. The summed E-state index contributed by atoms with van der Waals surface area (Å²) in [7, 11) is 0. The van der Waals surface area contributed by atoms with Crippen LogP contribution in [0.4, 0.5) is 5.13 Å². The van der Waals surface area contributed by atoms with Crippen LogP contribution in [0, 0.1) is 0 Å². The van der Waals surface area contributed by atoms with Crippen molar-refractivity contribution >= 4 is 16.5 Å². The number of hydrogen-bond donors (Lipinski definition) is 1. The van der Waals surface area contributed by atoms with Gasteiger partial charge in [-0.1, -0.05) is 12.1 Å². The average molecular weight is 260 g/mol. The van der Waals surface area contributed by atoms with E-state index in [1.54, 1.807) is 11.3 Å². The molecule has 0 fully saturated rings. The van der Waals surface area contributed by atoms with Crippen molar-refractivity contribution in [2.24, 2.45) is 0 Å². The Kier molecular flexibility index (Phi) is 2.96. The van der Waals surface area contributed by atoms with E-state index in [-0.39, 0.29) is 0 Å². The van der Waals surface area contributed by atoms with E-state index in [1.807, 2.05) is 13.0 Å². The lowest BCUT2D eigenvalue weighted by atomic mass is 9.98. The minimum Gasteiger partial charge on any atom is -0.494 e. The van der Waals surface area contributed by atoms with Crippen molar-refractivity contribution in [1.29, 1.82) is 0 Å². The molecule has 1 unspecified atom stereocenters. The molecule has 2 aromatic rings. The van der Waals surface area contributed by atoms with Crippen LogP contribution in [-0.2, 0) is 6.42 Å². The van der Waals surface area contributed by atoms with Crippen LogP contribution in [0.3, 0.4) is 0 Å². The highest BCUT2D eigenvalue weighted by molar-refractivity contribution is 7.15. The Labute approximate surface area is 111 Å². The quantitative estimate of drug-likeness (QED) is 0.922. The number of aromatic nitrogens is 1. The molecule has 0 radical (unpaired) electrons. The number of nitrogens with zero attached hydrogens (tertiary/aromatic N) is 1. The van der Waals surface area contributed by atoms with E-state index in [0.29, 0.717) is 17.7 Å². The van der Waals surface area contributed by atoms with Gasteiger partial charge in [0, 0.05) is 10.8 Å². The lowest BCUT2D eigenvalue weighted by Gasteiger charge is -2.11. The average Bonchev–Trinajstić information content (AvgIpc) is 2.88. The summed E-state index contributed by atoms with van der Waals surface area (Å²) in [6, 6.07) is 8.37. The van der Waals surface area contributed by atoms with Gasteiger partial charge >= 0.3 is 0 Å². The molecule has 1 aromatic heterocycles. The highest BCUT2D eigenvalue weighted by Gasteiger charge is 2.27. The number of nitrogen functional groups attached to an aromatic ring is 1. The molecule has 0 saturated heterocycles. The minimum atomic E-state index is 0.440. The fourth-order valence-electron chi connectivity index (χ4n) is 2.55. The number of anilines is 1. The highest BCUT2D eigenvalue weighted by atomic mass is 32.1. The molecule has 4 heteroatoms. The van der Waals surface area contributed by atoms with Crippen molar-refractivity contribution in [2.75, 3.05) is 12.3 Å². The second-order valence-electron chi connectivity index (χ2n) is 4.46. The van der Waals surface area contributed by atoms with Crippen LogP contribution >= 0.6 is 11.3 Å². The number of rotatable bonds is 3. The molecule has 0 bridgehead atoms. The number of hydrogen-bond acceptors (Lipinski definition) is 4. The fourth-order valence-corrected chi connectivity index (χ4v) is 3.59. The third kappa shape index (κ3) is 1.97. The largest absolute Gasteiger partial charge is 0.494 e. The first-order chi connectivity index (χ1) is 8.78. The van der Waals surface area contributed by atoms with Crippen LogP contribution in [-0.4, -0.2) is 11.6 Å². The topological polar surface area (TPSA) is 48.1 Å². The Morgan fingerprint density at radius 3 is 3.22 bits per heavy atom. The van der Waals surface area contributed by atoms with E-state index in [2.05, 4.69) is 23.2 Å². The van der Waals surface area contributed by atoms with Gasteiger partial charge in [-0.2, -0.15) is 0 Å². The van der Waals surface area contributed by atoms with Gasteiger partial charge in [-0.05, 0) is 37.5 Å². The highest BCUT2D eigenvalue weighted by Crippen LogP contribution is 2.42. The van der Waals surface area contributed by atoms with Crippen LogP contribution in [0.2, 0.25) is 0 Å². The Bertz CT molecular complexity index is 565. The summed E-state index contributed by atoms with van der Waals surface area (Å²) in [4.78, 5) is 5.73. The van der Waals surface area contributed by atoms with Crippen molar-refractivity contribution in [2.45, 2.75) is 25.7 Å². The van der Waals surface area contributed by atoms with Crippen molar-refractivity contribution in [3.8, 4) is 5.75 Å². The molecule has 0 spiro atoms. The molecule has 1 aliphatic carbocycles. The van der Waals surface area contributed by atoms with Gasteiger partial charge in [0.05, 0.1) is 12.3 Å². The molecule has 2 N–H and O–H groups in total. The van der Waals surface area contributed by atoms with Gasteiger partial charge in [0.25, 0.3) is 0 Å². The number of nitrogens with two attached hydrogens (primary N) is 1. The van der Waals surface area contributed by atoms with E-state index >= 15 is 0 Å². The maximum atomic E-state index is 5.79. The lowest BCUT2D eigenvalue weighted by molar-refractivity contribution is 0.340. The normalized spacial score (nSPS) is 17.7. The van der Waals surface area contributed by atoms with Crippen LogP contribution in [0.25, 0.3) is 0 Å². The fraction of sp³-hybridized carbons (Fsp3) is 0.357. The molecule has 3 nitrogen and oxygen atoms in total.